The van der Waals surface area contributed by atoms with Gasteiger partial charge in [0.15, 0.2) is 5.78 Å². The molecule has 0 spiro atoms. The van der Waals surface area contributed by atoms with E-state index < -0.39 is 6.36 Å². The third-order valence-electron chi connectivity index (χ3n) is 4.01. The van der Waals surface area contributed by atoms with Gasteiger partial charge in [0.2, 0.25) is 0 Å². The number of halogens is 3. The Labute approximate surface area is 120 Å². The minimum absolute atomic E-state index is 0.118. The Morgan fingerprint density at radius 1 is 1.19 bits per heavy atom. The van der Waals surface area contributed by atoms with Gasteiger partial charge in [-0.25, -0.2) is 0 Å². The first-order valence-electron chi connectivity index (χ1n) is 6.96. The van der Waals surface area contributed by atoms with Gasteiger partial charge in [-0.05, 0) is 37.8 Å². The quantitative estimate of drug-likeness (QED) is 0.798. The van der Waals surface area contributed by atoms with Gasteiger partial charge in [0.05, 0.1) is 12.2 Å². The molecule has 2 bridgehead atoms. The molecule has 6 heteroatoms. The van der Waals surface area contributed by atoms with E-state index in [9.17, 15) is 18.0 Å². The highest BCUT2D eigenvalue weighted by Crippen LogP contribution is 2.37. The Balaban J connectivity index is 1.74. The molecule has 0 aliphatic carbocycles. The molecule has 1 aromatic carbocycles. The molecule has 2 heterocycles. The van der Waals surface area contributed by atoms with E-state index in [-0.39, 0.29) is 35.2 Å². The smallest absolute Gasteiger partial charge is 0.406 e. The third-order valence-corrected chi connectivity index (χ3v) is 4.01. The predicted octanol–water partition coefficient (Wildman–Crippen LogP) is 3.73. The largest absolute Gasteiger partial charge is 0.573 e. The second-order valence-corrected chi connectivity index (χ2v) is 5.57. The Hall–Kier alpha value is -1.56. The minimum atomic E-state index is -4.75. The zero-order valence-corrected chi connectivity index (χ0v) is 11.2. The lowest BCUT2D eigenvalue weighted by Crippen LogP contribution is -2.30. The average Bonchev–Trinajstić information content (AvgIpc) is 2.75. The van der Waals surface area contributed by atoms with Crippen LogP contribution in [-0.2, 0) is 4.74 Å². The number of carbonyl (C=O) groups is 1. The van der Waals surface area contributed by atoms with E-state index in [4.69, 9.17) is 4.74 Å². The molecule has 1 aromatic rings. The van der Waals surface area contributed by atoms with Crippen molar-refractivity contribution in [3.8, 4) is 5.75 Å². The van der Waals surface area contributed by atoms with E-state index in [1.54, 1.807) is 0 Å². The molecule has 0 radical (unpaired) electrons. The van der Waals surface area contributed by atoms with Crippen molar-refractivity contribution < 1.29 is 27.4 Å². The van der Waals surface area contributed by atoms with Crippen LogP contribution < -0.4 is 4.74 Å². The molecule has 0 saturated carbocycles. The Kier molecular flexibility index (Phi) is 3.65. The van der Waals surface area contributed by atoms with Crippen LogP contribution in [-0.4, -0.2) is 24.4 Å². The maximum atomic E-state index is 12.4. The van der Waals surface area contributed by atoms with Crippen LogP contribution in [0.3, 0.4) is 0 Å². The van der Waals surface area contributed by atoms with Gasteiger partial charge in [-0.15, -0.1) is 13.2 Å². The minimum Gasteiger partial charge on any atom is -0.406 e. The lowest BCUT2D eigenvalue weighted by molar-refractivity contribution is -0.274. The SMILES string of the molecule is O=C(c1cccc(OC(F)(F)F)c1)C1CC2CCC(C1)O2. The number of ketones is 1. The molecule has 0 amide bonds. The first-order valence-corrected chi connectivity index (χ1v) is 6.96. The molecular weight excluding hydrogens is 285 g/mol. The van der Waals surface area contributed by atoms with E-state index in [0.717, 1.165) is 18.9 Å². The fraction of sp³-hybridized carbons (Fsp3) is 0.533. The molecule has 2 fully saturated rings. The van der Waals surface area contributed by atoms with Crippen LogP contribution in [0.2, 0.25) is 0 Å². The summed E-state index contributed by atoms with van der Waals surface area (Å²) in [5, 5.41) is 0. The number of benzene rings is 1. The van der Waals surface area contributed by atoms with E-state index in [1.165, 1.54) is 18.2 Å². The average molecular weight is 300 g/mol. The molecule has 21 heavy (non-hydrogen) atoms. The maximum Gasteiger partial charge on any atom is 0.573 e. The lowest BCUT2D eigenvalue weighted by atomic mass is 9.88. The van der Waals surface area contributed by atoms with Crippen LogP contribution >= 0.6 is 0 Å². The van der Waals surface area contributed by atoms with Gasteiger partial charge in [-0.3, -0.25) is 4.79 Å². The van der Waals surface area contributed by atoms with Crippen LogP contribution in [0.15, 0.2) is 24.3 Å². The monoisotopic (exact) mass is 300 g/mol. The highest BCUT2D eigenvalue weighted by molar-refractivity contribution is 5.98. The van der Waals surface area contributed by atoms with Gasteiger partial charge in [0.1, 0.15) is 5.75 Å². The third kappa shape index (κ3) is 3.37. The van der Waals surface area contributed by atoms with E-state index >= 15 is 0 Å². The van der Waals surface area contributed by atoms with Crippen LogP contribution in [0.5, 0.6) is 5.75 Å². The summed E-state index contributed by atoms with van der Waals surface area (Å²) in [6.07, 6.45) is -1.28. The summed E-state index contributed by atoms with van der Waals surface area (Å²) in [7, 11) is 0. The zero-order valence-electron chi connectivity index (χ0n) is 11.2. The molecular formula is C15H15F3O3. The summed E-state index contributed by atoms with van der Waals surface area (Å²) in [6.45, 7) is 0. The summed E-state index contributed by atoms with van der Waals surface area (Å²) < 4.78 is 46.2. The van der Waals surface area contributed by atoms with Gasteiger partial charge < -0.3 is 9.47 Å². The first kappa shape index (κ1) is 14.4. The van der Waals surface area contributed by atoms with E-state index in [1.807, 2.05) is 0 Å². The normalized spacial score (nSPS) is 28.4. The fourth-order valence-electron chi connectivity index (χ4n) is 3.15. The summed E-state index contributed by atoms with van der Waals surface area (Å²) in [6, 6.07) is 5.29. The van der Waals surface area contributed by atoms with Crippen LogP contribution in [0, 0.1) is 5.92 Å². The second kappa shape index (κ2) is 5.33. The van der Waals surface area contributed by atoms with Gasteiger partial charge in [-0.1, -0.05) is 12.1 Å². The molecule has 2 aliphatic rings. The topological polar surface area (TPSA) is 35.5 Å². The molecule has 3 nitrogen and oxygen atoms in total. The van der Waals surface area contributed by atoms with Crippen LogP contribution in [0.1, 0.15) is 36.0 Å². The molecule has 2 atom stereocenters. The summed E-state index contributed by atoms with van der Waals surface area (Å²) >= 11 is 0. The Bertz CT molecular complexity index is 529. The maximum absolute atomic E-state index is 12.4. The number of alkyl halides is 3. The Morgan fingerprint density at radius 3 is 2.48 bits per heavy atom. The molecule has 114 valence electrons. The van der Waals surface area contributed by atoms with Crippen molar-refractivity contribution in [1.82, 2.24) is 0 Å². The number of Topliss-reactive ketones (excluding diaryl/α,β-unsaturated/α-hetero) is 1. The Morgan fingerprint density at radius 2 is 1.86 bits per heavy atom. The molecule has 0 N–H and O–H groups in total. The first-order chi connectivity index (χ1) is 9.90. The van der Waals surface area contributed by atoms with Crippen LogP contribution in [0.25, 0.3) is 0 Å². The number of fused-ring (bicyclic) bond motifs is 2. The van der Waals surface area contributed by atoms with Crippen molar-refractivity contribution >= 4 is 5.78 Å². The van der Waals surface area contributed by atoms with E-state index in [2.05, 4.69) is 4.74 Å². The highest BCUT2D eigenvalue weighted by atomic mass is 19.4. The van der Waals surface area contributed by atoms with Crippen molar-refractivity contribution in [1.29, 1.82) is 0 Å². The molecule has 2 saturated heterocycles. The van der Waals surface area contributed by atoms with Crippen molar-refractivity contribution in [2.24, 2.45) is 5.92 Å². The van der Waals surface area contributed by atoms with Gasteiger partial charge >= 0.3 is 6.36 Å². The number of carbonyl (C=O) groups excluding carboxylic acids is 1. The van der Waals surface area contributed by atoms with Crippen molar-refractivity contribution in [2.75, 3.05) is 0 Å². The summed E-state index contributed by atoms with van der Waals surface area (Å²) in [5.41, 5.74) is 0.267. The van der Waals surface area contributed by atoms with Crippen LogP contribution in [0.4, 0.5) is 13.2 Å². The van der Waals surface area contributed by atoms with Crippen molar-refractivity contribution in [2.45, 2.75) is 44.3 Å². The van der Waals surface area contributed by atoms with E-state index in [0.29, 0.717) is 12.8 Å². The van der Waals surface area contributed by atoms with Crippen molar-refractivity contribution in [3.63, 3.8) is 0 Å². The van der Waals surface area contributed by atoms with Gasteiger partial charge in [-0.2, -0.15) is 0 Å². The fourth-order valence-corrected chi connectivity index (χ4v) is 3.15. The number of rotatable bonds is 3. The molecule has 2 aliphatic heterocycles. The summed E-state index contributed by atoms with van der Waals surface area (Å²) in [5.74, 6) is -0.649. The predicted molar refractivity (Wildman–Crippen MR) is 68.1 cm³/mol. The number of hydrogen-bond donors (Lipinski definition) is 0. The molecule has 3 rings (SSSR count). The molecule has 2 unspecified atom stereocenters. The second-order valence-electron chi connectivity index (χ2n) is 5.57. The van der Waals surface area contributed by atoms with Gasteiger partial charge in [0.25, 0.3) is 0 Å². The van der Waals surface area contributed by atoms with Crippen molar-refractivity contribution in [3.05, 3.63) is 29.8 Å². The lowest BCUT2D eigenvalue weighted by Gasteiger charge is -2.27. The number of ether oxygens (including phenoxy) is 2. The highest BCUT2D eigenvalue weighted by Gasteiger charge is 2.38. The number of hydrogen-bond acceptors (Lipinski definition) is 3. The van der Waals surface area contributed by atoms with Gasteiger partial charge in [0, 0.05) is 11.5 Å². The molecule has 0 aromatic heterocycles. The summed E-state index contributed by atoms with van der Waals surface area (Å²) in [4.78, 5) is 12.4. The zero-order chi connectivity index (χ0) is 15.0. The standard InChI is InChI=1S/C15H15F3O3/c16-15(17,18)21-13-3-1-2-9(6-13)14(19)10-7-11-4-5-12(8-10)20-11/h1-3,6,10-12H,4-5,7-8H2.